The molecule has 0 saturated heterocycles. The van der Waals surface area contributed by atoms with E-state index in [0.717, 1.165) is 34.3 Å². The van der Waals surface area contributed by atoms with Gasteiger partial charge in [0.1, 0.15) is 28.7 Å². The summed E-state index contributed by atoms with van der Waals surface area (Å²) in [5, 5.41) is 25.9. The Morgan fingerprint density at radius 2 is 1.88 bits per heavy atom. The molecule has 0 aliphatic carbocycles. The Morgan fingerprint density at radius 1 is 1.18 bits per heavy atom. The summed E-state index contributed by atoms with van der Waals surface area (Å²) < 4.78 is 12.7. The zero-order valence-corrected chi connectivity index (χ0v) is 22.3. The van der Waals surface area contributed by atoms with Crippen LogP contribution in [0.2, 0.25) is 0 Å². The molecular formula is C23H33IN6O3. The van der Waals surface area contributed by atoms with Crippen molar-refractivity contribution in [2.75, 3.05) is 13.7 Å². The number of ether oxygens (including phenoxy) is 1. The predicted molar refractivity (Wildman–Crippen MR) is 138 cm³/mol. The Labute approximate surface area is 211 Å². The summed E-state index contributed by atoms with van der Waals surface area (Å²) in [5.74, 6) is 4.44. The molecule has 0 radical (unpaired) electrons. The minimum atomic E-state index is -1.13. The number of hydrogen-bond donors (Lipinski definition) is 3. The van der Waals surface area contributed by atoms with Crippen LogP contribution in [0, 0.1) is 20.8 Å². The number of aromatic nitrogens is 3. The molecule has 0 bridgehead atoms. The maximum atomic E-state index is 11.1. The van der Waals surface area contributed by atoms with Crippen molar-refractivity contribution in [1.82, 2.24) is 25.4 Å². The molecular weight excluding hydrogens is 535 g/mol. The summed E-state index contributed by atoms with van der Waals surface area (Å²) in [6.07, 6.45) is 0. The summed E-state index contributed by atoms with van der Waals surface area (Å²) in [6, 6.07) is 9.62. The quantitative estimate of drug-likeness (QED) is 0.218. The fourth-order valence-electron chi connectivity index (χ4n) is 3.36. The highest BCUT2D eigenvalue weighted by molar-refractivity contribution is 14.0. The van der Waals surface area contributed by atoms with E-state index in [9.17, 15) is 5.11 Å². The van der Waals surface area contributed by atoms with Crippen LogP contribution in [-0.4, -0.2) is 39.5 Å². The Balaban J connectivity index is 0.00000385. The molecule has 33 heavy (non-hydrogen) atoms. The number of aliphatic imine (C=N–C) groups is 1. The van der Waals surface area contributed by atoms with Crippen molar-refractivity contribution in [2.24, 2.45) is 12.0 Å². The lowest BCUT2D eigenvalue weighted by Gasteiger charge is -2.24. The van der Waals surface area contributed by atoms with Crippen LogP contribution in [0.5, 0.6) is 5.75 Å². The van der Waals surface area contributed by atoms with E-state index in [2.05, 4.69) is 25.8 Å². The first kappa shape index (κ1) is 26.7. The second kappa shape index (κ2) is 11.5. The molecule has 9 nitrogen and oxygen atoms in total. The molecule has 1 unspecified atom stereocenters. The normalized spacial score (nSPS) is 13.2. The summed E-state index contributed by atoms with van der Waals surface area (Å²) in [7, 11) is 3.56. The van der Waals surface area contributed by atoms with Gasteiger partial charge in [0.15, 0.2) is 11.8 Å². The third-order valence-corrected chi connectivity index (χ3v) is 5.40. The topological polar surface area (TPSA) is 110 Å². The molecule has 3 rings (SSSR count). The van der Waals surface area contributed by atoms with Crippen LogP contribution in [0.25, 0.3) is 0 Å². The van der Waals surface area contributed by atoms with Crippen LogP contribution in [-0.2, 0) is 25.7 Å². The van der Waals surface area contributed by atoms with Gasteiger partial charge in [-0.1, -0.05) is 12.1 Å². The van der Waals surface area contributed by atoms with Crippen molar-refractivity contribution >= 4 is 29.9 Å². The number of nitrogens with zero attached hydrogens (tertiary/aromatic N) is 4. The van der Waals surface area contributed by atoms with Crippen LogP contribution in [0.4, 0.5) is 0 Å². The van der Waals surface area contributed by atoms with Gasteiger partial charge in [-0.05, 0) is 51.5 Å². The number of hydrogen-bond acceptors (Lipinski definition) is 6. The monoisotopic (exact) mass is 568 g/mol. The maximum Gasteiger partial charge on any atom is 0.192 e. The third kappa shape index (κ3) is 6.94. The lowest BCUT2D eigenvalue weighted by atomic mass is 9.96. The van der Waals surface area contributed by atoms with Crippen molar-refractivity contribution in [3.63, 3.8) is 0 Å². The highest BCUT2D eigenvalue weighted by Crippen LogP contribution is 2.26. The standard InChI is InChI=1S/C23H32N6O3.HI/c1-15-11-20(16(2)32-15)23(4,30)14-26-22(25-13-21-28-27-17(3)29(21)5)24-12-18-7-9-19(31-6)10-8-18;/h7-11,30H,12-14H2,1-6H3,(H2,24,25,26);1H. The first-order chi connectivity index (χ1) is 15.2. The Hall–Kier alpha value is -2.60. The summed E-state index contributed by atoms with van der Waals surface area (Å²) in [5.41, 5.74) is 0.654. The molecule has 3 N–H and O–H groups in total. The number of rotatable bonds is 8. The number of methoxy groups -OCH3 is 1. The molecule has 2 aromatic heterocycles. The second-order valence-electron chi connectivity index (χ2n) is 8.04. The van der Waals surface area contributed by atoms with Gasteiger partial charge in [-0.2, -0.15) is 0 Å². The van der Waals surface area contributed by atoms with Crippen LogP contribution >= 0.6 is 24.0 Å². The van der Waals surface area contributed by atoms with Gasteiger partial charge in [-0.25, -0.2) is 4.99 Å². The number of halogens is 1. The van der Waals surface area contributed by atoms with E-state index in [1.807, 2.05) is 62.7 Å². The van der Waals surface area contributed by atoms with Crippen molar-refractivity contribution in [2.45, 2.75) is 46.4 Å². The van der Waals surface area contributed by atoms with Crippen LogP contribution < -0.4 is 15.4 Å². The summed E-state index contributed by atoms with van der Waals surface area (Å²) in [6.45, 7) is 8.53. The van der Waals surface area contributed by atoms with Gasteiger partial charge in [0.2, 0.25) is 0 Å². The van der Waals surface area contributed by atoms with E-state index in [1.54, 1.807) is 14.0 Å². The molecule has 0 spiro atoms. The Kier molecular flexibility index (Phi) is 9.29. The van der Waals surface area contributed by atoms with Gasteiger partial charge in [0.25, 0.3) is 0 Å². The molecule has 1 atom stereocenters. The lowest BCUT2D eigenvalue weighted by molar-refractivity contribution is 0.0601. The molecule has 180 valence electrons. The molecule has 0 aliphatic rings. The van der Waals surface area contributed by atoms with E-state index < -0.39 is 5.60 Å². The highest BCUT2D eigenvalue weighted by Gasteiger charge is 2.28. The third-order valence-electron chi connectivity index (χ3n) is 5.40. The van der Waals surface area contributed by atoms with Gasteiger partial charge < -0.3 is 29.5 Å². The number of aryl methyl sites for hydroxylation is 3. The maximum absolute atomic E-state index is 11.1. The van der Waals surface area contributed by atoms with Gasteiger partial charge in [-0.3, -0.25) is 0 Å². The molecule has 0 amide bonds. The predicted octanol–water partition coefficient (Wildman–Crippen LogP) is 3.10. The fourth-order valence-corrected chi connectivity index (χ4v) is 3.36. The van der Waals surface area contributed by atoms with Crippen molar-refractivity contribution in [3.05, 3.63) is 64.6 Å². The van der Waals surface area contributed by atoms with Gasteiger partial charge in [0, 0.05) is 12.6 Å². The van der Waals surface area contributed by atoms with Gasteiger partial charge in [-0.15, -0.1) is 34.2 Å². The SMILES string of the molecule is COc1ccc(CN=C(NCc2nnc(C)n2C)NCC(C)(O)c2cc(C)oc2C)cc1.I. The molecule has 1 aromatic carbocycles. The van der Waals surface area contributed by atoms with Crippen molar-refractivity contribution < 1.29 is 14.3 Å². The summed E-state index contributed by atoms with van der Waals surface area (Å²) in [4.78, 5) is 4.69. The van der Waals surface area contributed by atoms with Gasteiger partial charge in [0.05, 0.1) is 26.7 Å². The largest absolute Gasteiger partial charge is 0.497 e. The fraction of sp³-hybridized carbons (Fsp3) is 0.435. The van der Waals surface area contributed by atoms with Crippen molar-refractivity contribution in [3.8, 4) is 5.75 Å². The van der Waals surface area contributed by atoms with Crippen molar-refractivity contribution in [1.29, 1.82) is 0 Å². The highest BCUT2D eigenvalue weighted by atomic mass is 127. The first-order valence-corrected chi connectivity index (χ1v) is 10.5. The zero-order valence-electron chi connectivity index (χ0n) is 20.0. The zero-order chi connectivity index (χ0) is 23.3. The first-order valence-electron chi connectivity index (χ1n) is 10.5. The van der Waals surface area contributed by atoms with E-state index in [4.69, 9.17) is 9.15 Å². The van der Waals surface area contributed by atoms with Crippen LogP contribution in [0.1, 0.15) is 41.2 Å². The van der Waals surface area contributed by atoms with E-state index in [-0.39, 0.29) is 30.5 Å². The number of guanidine groups is 1. The number of aliphatic hydroxyl groups is 1. The lowest BCUT2D eigenvalue weighted by Crippen LogP contribution is -2.44. The second-order valence-corrected chi connectivity index (χ2v) is 8.04. The van der Waals surface area contributed by atoms with Gasteiger partial charge >= 0.3 is 0 Å². The molecule has 3 aromatic rings. The average Bonchev–Trinajstić information content (AvgIpc) is 3.28. The molecule has 0 fully saturated rings. The average molecular weight is 568 g/mol. The number of nitrogens with one attached hydrogen (secondary N) is 2. The van der Waals surface area contributed by atoms with E-state index >= 15 is 0 Å². The van der Waals surface area contributed by atoms with E-state index in [0.29, 0.717) is 24.8 Å². The van der Waals surface area contributed by atoms with Crippen LogP contribution in [0.15, 0.2) is 39.7 Å². The molecule has 0 aliphatic heterocycles. The van der Waals surface area contributed by atoms with Crippen LogP contribution in [0.3, 0.4) is 0 Å². The number of furan rings is 1. The van der Waals surface area contributed by atoms with E-state index in [1.165, 1.54) is 0 Å². The number of benzene rings is 1. The molecule has 10 heteroatoms. The Morgan fingerprint density at radius 3 is 2.42 bits per heavy atom. The molecule has 2 heterocycles. The molecule has 0 saturated carbocycles. The smallest absolute Gasteiger partial charge is 0.192 e. The summed E-state index contributed by atoms with van der Waals surface area (Å²) >= 11 is 0. The minimum absolute atomic E-state index is 0. The minimum Gasteiger partial charge on any atom is -0.497 e. The Bertz CT molecular complexity index is 1070.